The van der Waals surface area contributed by atoms with E-state index < -0.39 is 0 Å². The van der Waals surface area contributed by atoms with Crippen LogP contribution in [0.4, 0.5) is 21.7 Å². The summed E-state index contributed by atoms with van der Waals surface area (Å²) in [4.78, 5) is 8.87. The molecule has 0 bridgehead atoms. The minimum atomic E-state index is -0.278. The molecule has 1 aromatic heterocycles. The highest BCUT2D eigenvalue weighted by molar-refractivity contribution is 5.66. The summed E-state index contributed by atoms with van der Waals surface area (Å²) < 4.78 is 13.3. The third-order valence-electron chi connectivity index (χ3n) is 3.60. The zero-order chi connectivity index (χ0) is 14.3. The number of rotatable bonds is 3. The van der Waals surface area contributed by atoms with Crippen LogP contribution in [0.2, 0.25) is 0 Å². The Balaban J connectivity index is 1.99. The molecule has 3 N–H and O–H groups in total. The van der Waals surface area contributed by atoms with Gasteiger partial charge in [0.2, 0.25) is 0 Å². The van der Waals surface area contributed by atoms with E-state index in [1.54, 1.807) is 6.07 Å². The van der Waals surface area contributed by atoms with E-state index in [2.05, 4.69) is 15.3 Å². The zero-order valence-corrected chi connectivity index (χ0v) is 11.6. The van der Waals surface area contributed by atoms with Crippen molar-refractivity contribution in [2.75, 3.05) is 11.1 Å². The number of nitrogen functional groups attached to an aromatic ring is 1. The molecule has 1 aliphatic carbocycles. The molecule has 1 fully saturated rings. The predicted octanol–water partition coefficient (Wildman–Crippen LogP) is 3.44. The second-order valence-corrected chi connectivity index (χ2v) is 5.30. The Morgan fingerprint density at radius 3 is 2.70 bits per heavy atom. The zero-order valence-electron chi connectivity index (χ0n) is 11.6. The molecule has 5 heteroatoms. The quantitative estimate of drug-likeness (QED) is 0.898. The van der Waals surface area contributed by atoms with Crippen molar-refractivity contribution in [3.8, 4) is 0 Å². The van der Waals surface area contributed by atoms with Crippen LogP contribution in [0, 0.1) is 19.7 Å². The first-order valence-corrected chi connectivity index (χ1v) is 6.72. The molecular formula is C15H17FN4. The summed E-state index contributed by atoms with van der Waals surface area (Å²) in [6.45, 7) is 3.78. The van der Waals surface area contributed by atoms with Gasteiger partial charge < -0.3 is 11.1 Å². The Kier molecular flexibility index (Phi) is 3.04. The normalized spacial score (nSPS) is 14.3. The lowest BCUT2D eigenvalue weighted by molar-refractivity contribution is 0.628. The fourth-order valence-corrected chi connectivity index (χ4v) is 2.05. The smallest absolute Gasteiger partial charge is 0.139 e. The third-order valence-corrected chi connectivity index (χ3v) is 3.60. The summed E-state index contributed by atoms with van der Waals surface area (Å²) in [6, 6.07) is 4.64. The molecule has 0 saturated heterocycles. The number of anilines is 3. The van der Waals surface area contributed by atoms with Gasteiger partial charge in [-0.05, 0) is 44.4 Å². The van der Waals surface area contributed by atoms with E-state index in [4.69, 9.17) is 5.73 Å². The van der Waals surface area contributed by atoms with Crippen LogP contribution < -0.4 is 11.1 Å². The molecule has 104 valence electrons. The molecule has 1 aliphatic rings. The summed E-state index contributed by atoms with van der Waals surface area (Å²) in [7, 11) is 0. The molecule has 0 atom stereocenters. The van der Waals surface area contributed by atoms with Crippen LogP contribution in [0.3, 0.4) is 0 Å². The Hall–Kier alpha value is -2.17. The minimum Gasteiger partial charge on any atom is -0.383 e. The maximum absolute atomic E-state index is 13.3. The molecular weight excluding hydrogens is 255 g/mol. The van der Waals surface area contributed by atoms with E-state index in [1.165, 1.54) is 12.1 Å². The van der Waals surface area contributed by atoms with E-state index in [1.807, 2.05) is 13.8 Å². The maximum Gasteiger partial charge on any atom is 0.139 e. The number of halogens is 1. The fraction of sp³-hybridized carbons (Fsp3) is 0.333. The van der Waals surface area contributed by atoms with Gasteiger partial charge in [0, 0.05) is 17.2 Å². The summed E-state index contributed by atoms with van der Waals surface area (Å²) >= 11 is 0. The highest BCUT2D eigenvalue weighted by Crippen LogP contribution is 2.39. The first-order valence-electron chi connectivity index (χ1n) is 6.72. The second-order valence-electron chi connectivity index (χ2n) is 5.30. The van der Waals surface area contributed by atoms with Crippen molar-refractivity contribution in [1.82, 2.24) is 9.97 Å². The van der Waals surface area contributed by atoms with E-state index in [9.17, 15) is 4.39 Å². The lowest BCUT2D eigenvalue weighted by Gasteiger charge is -2.13. The van der Waals surface area contributed by atoms with Gasteiger partial charge in [-0.15, -0.1) is 0 Å². The first-order chi connectivity index (χ1) is 9.54. The molecule has 1 heterocycles. The van der Waals surface area contributed by atoms with Crippen molar-refractivity contribution >= 4 is 17.3 Å². The van der Waals surface area contributed by atoms with Crippen molar-refractivity contribution in [3.63, 3.8) is 0 Å². The second kappa shape index (κ2) is 4.74. The van der Waals surface area contributed by atoms with Gasteiger partial charge in [0.05, 0.1) is 0 Å². The number of benzene rings is 1. The monoisotopic (exact) mass is 272 g/mol. The van der Waals surface area contributed by atoms with E-state index in [-0.39, 0.29) is 5.82 Å². The number of hydrogen-bond acceptors (Lipinski definition) is 4. The Labute approximate surface area is 117 Å². The topological polar surface area (TPSA) is 63.8 Å². The number of nitrogens with zero attached hydrogens (tertiary/aromatic N) is 2. The van der Waals surface area contributed by atoms with Crippen LogP contribution in [0.15, 0.2) is 18.2 Å². The summed E-state index contributed by atoms with van der Waals surface area (Å²) in [6.07, 6.45) is 2.22. The third kappa shape index (κ3) is 2.43. The van der Waals surface area contributed by atoms with Crippen LogP contribution in [0.25, 0.3) is 0 Å². The van der Waals surface area contributed by atoms with E-state index in [0.29, 0.717) is 23.2 Å². The highest BCUT2D eigenvalue weighted by atomic mass is 19.1. The van der Waals surface area contributed by atoms with E-state index >= 15 is 0 Å². The average Bonchev–Trinajstić information content (AvgIpc) is 3.23. The van der Waals surface area contributed by atoms with Gasteiger partial charge in [0.15, 0.2) is 0 Å². The van der Waals surface area contributed by atoms with Crippen molar-refractivity contribution < 1.29 is 4.39 Å². The van der Waals surface area contributed by atoms with E-state index in [0.717, 1.165) is 29.8 Å². The molecule has 1 saturated carbocycles. The van der Waals surface area contributed by atoms with Gasteiger partial charge >= 0.3 is 0 Å². The number of nitrogens with one attached hydrogen (secondary N) is 1. The van der Waals surface area contributed by atoms with Gasteiger partial charge in [-0.2, -0.15) is 0 Å². The van der Waals surface area contributed by atoms with Crippen LogP contribution in [-0.2, 0) is 0 Å². The standard InChI is InChI=1S/C15H17FN4/c1-8-3-6-11(16)7-12(8)18-14-9(2)13(17)19-15(20-14)10-4-5-10/h3,6-7,10H,4-5H2,1-2H3,(H3,17,18,19,20). The summed E-state index contributed by atoms with van der Waals surface area (Å²) in [5.74, 6) is 2.07. The highest BCUT2D eigenvalue weighted by Gasteiger charge is 2.28. The molecule has 1 aromatic carbocycles. The molecule has 4 nitrogen and oxygen atoms in total. The molecule has 0 aliphatic heterocycles. The van der Waals surface area contributed by atoms with Gasteiger partial charge in [-0.3, -0.25) is 0 Å². The average molecular weight is 272 g/mol. The number of hydrogen-bond donors (Lipinski definition) is 2. The van der Waals surface area contributed by atoms with Gasteiger partial charge in [0.25, 0.3) is 0 Å². The SMILES string of the molecule is Cc1ccc(F)cc1Nc1nc(C2CC2)nc(N)c1C. The number of aryl methyl sites for hydroxylation is 1. The Morgan fingerprint density at radius 1 is 1.25 bits per heavy atom. The maximum atomic E-state index is 13.3. The fourth-order valence-electron chi connectivity index (χ4n) is 2.05. The molecule has 0 radical (unpaired) electrons. The van der Waals surface area contributed by atoms with Crippen molar-refractivity contribution in [2.45, 2.75) is 32.6 Å². The Bertz CT molecular complexity index is 665. The van der Waals surface area contributed by atoms with Gasteiger partial charge in [0.1, 0.15) is 23.3 Å². The molecule has 0 spiro atoms. The van der Waals surface area contributed by atoms with Gasteiger partial charge in [-0.25, -0.2) is 14.4 Å². The lowest BCUT2D eigenvalue weighted by atomic mass is 10.2. The predicted molar refractivity (Wildman–Crippen MR) is 77.6 cm³/mol. The van der Waals surface area contributed by atoms with Crippen LogP contribution in [0.5, 0.6) is 0 Å². The molecule has 2 aromatic rings. The van der Waals surface area contributed by atoms with Gasteiger partial charge in [-0.1, -0.05) is 6.07 Å². The molecule has 3 rings (SSSR count). The van der Waals surface area contributed by atoms with Crippen molar-refractivity contribution in [3.05, 3.63) is 41.0 Å². The molecule has 0 unspecified atom stereocenters. The Morgan fingerprint density at radius 2 is 2.00 bits per heavy atom. The first kappa shape index (κ1) is 12.8. The number of nitrogens with two attached hydrogens (primary N) is 1. The number of aromatic nitrogens is 2. The van der Waals surface area contributed by atoms with Crippen LogP contribution in [0.1, 0.15) is 35.7 Å². The largest absolute Gasteiger partial charge is 0.383 e. The van der Waals surface area contributed by atoms with Crippen LogP contribution >= 0.6 is 0 Å². The molecule has 0 amide bonds. The summed E-state index contributed by atoms with van der Waals surface area (Å²) in [5.41, 5.74) is 8.39. The summed E-state index contributed by atoms with van der Waals surface area (Å²) in [5, 5.41) is 3.17. The lowest BCUT2D eigenvalue weighted by Crippen LogP contribution is -2.07. The minimum absolute atomic E-state index is 0.278. The molecule has 20 heavy (non-hydrogen) atoms. The van der Waals surface area contributed by atoms with Crippen molar-refractivity contribution in [2.24, 2.45) is 0 Å². The van der Waals surface area contributed by atoms with Crippen molar-refractivity contribution in [1.29, 1.82) is 0 Å². The van der Waals surface area contributed by atoms with Crippen LogP contribution in [-0.4, -0.2) is 9.97 Å².